The summed E-state index contributed by atoms with van der Waals surface area (Å²) in [6.07, 6.45) is -4.97. The van der Waals surface area contributed by atoms with Crippen LogP contribution in [-0.2, 0) is 4.74 Å². The smallest absolute Gasteiger partial charge is 0.111 e. The van der Waals surface area contributed by atoms with E-state index in [0.717, 1.165) is 0 Å². The molecule has 5 atom stereocenters. The number of nitrogens with zero attached hydrogens (tertiary/aromatic N) is 3. The van der Waals surface area contributed by atoms with E-state index >= 15 is 0 Å². The molecule has 0 amide bonds. The van der Waals surface area contributed by atoms with Gasteiger partial charge in [-0.25, -0.2) is 0 Å². The van der Waals surface area contributed by atoms with E-state index < -0.39 is 30.5 Å². The maximum absolute atomic E-state index is 9.43. The quantitative estimate of drug-likeness (QED) is 0.209. The van der Waals surface area contributed by atoms with Gasteiger partial charge in [-0.15, -0.1) is 0 Å². The van der Waals surface area contributed by atoms with Crippen LogP contribution in [-0.4, -0.2) is 52.4 Å². The number of ether oxygens (including phenoxy) is 1. The third-order valence-corrected chi connectivity index (χ3v) is 2.28. The normalized spacial score (nSPS) is 32.0. The Balaban J connectivity index is -0.000000214. The van der Waals surface area contributed by atoms with Crippen molar-refractivity contribution in [2.75, 3.05) is 6.54 Å². The van der Waals surface area contributed by atoms with Crippen molar-refractivity contribution < 1.29 is 152 Å². The first kappa shape index (κ1) is 30.4. The standard InChI is InChI=1S/C7H13N3O4.C2H6.3Ac/c1-3-5(11)7(13)6(12)4(14-3)2-9-10-8;1-2;;;/h3-7,11-13H,2H2,1H3;1-2H3;;;/t3-,4+,5?,6?,7?;;;;/m0..../s1. The largest absolute Gasteiger partial charge is 0.388 e. The predicted octanol–water partition coefficient (Wildman–Crippen LogP) is 0.193. The van der Waals surface area contributed by atoms with Crippen LogP contribution in [0.5, 0.6) is 0 Å². The maximum atomic E-state index is 9.43. The molecular weight excluding hydrogens is 895 g/mol. The van der Waals surface area contributed by atoms with Gasteiger partial charge in [-0.1, -0.05) is 19.0 Å². The summed E-state index contributed by atoms with van der Waals surface area (Å²) in [5.41, 5.74) is 8.08. The maximum Gasteiger partial charge on any atom is 0.111 e. The molecule has 7 nitrogen and oxygen atoms in total. The summed E-state index contributed by atoms with van der Waals surface area (Å²) in [6, 6.07) is 0. The van der Waals surface area contributed by atoms with Crippen molar-refractivity contribution in [2.24, 2.45) is 5.11 Å². The second-order valence-electron chi connectivity index (χ2n) is 3.26. The minimum atomic E-state index is -1.27. The summed E-state index contributed by atoms with van der Waals surface area (Å²) in [5, 5.41) is 31.4. The van der Waals surface area contributed by atoms with Gasteiger partial charge in [0.05, 0.1) is 18.8 Å². The molecule has 0 spiro atoms. The van der Waals surface area contributed by atoms with E-state index in [1.807, 2.05) is 13.8 Å². The molecule has 0 aromatic carbocycles. The Morgan fingerprint density at radius 1 is 1.05 bits per heavy atom. The molecule has 1 aliphatic rings. The second kappa shape index (κ2) is 17.8. The fourth-order valence-corrected chi connectivity index (χ4v) is 1.40. The summed E-state index contributed by atoms with van der Waals surface area (Å²) >= 11 is 0. The van der Waals surface area contributed by atoms with Gasteiger partial charge in [0.25, 0.3) is 0 Å². The van der Waals surface area contributed by atoms with E-state index in [1.54, 1.807) is 6.92 Å². The Hall–Kier alpha value is 3.47. The van der Waals surface area contributed by atoms with Crippen molar-refractivity contribution in [3.05, 3.63) is 10.4 Å². The van der Waals surface area contributed by atoms with Crippen molar-refractivity contribution >= 4 is 0 Å². The SMILES string of the molecule is CC.C[C@@H]1O[C@H](CN=[N+]=[N-])C(O)C(O)C1O.[Ac].[Ac].[Ac]. The molecule has 3 unspecified atom stereocenters. The number of aliphatic hydroxyl groups is 3. The molecule has 0 aromatic rings. The van der Waals surface area contributed by atoms with Gasteiger partial charge in [0.1, 0.15) is 18.3 Å². The van der Waals surface area contributed by atoms with Crippen LogP contribution < -0.4 is 0 Å². The predicted molar refractivity (Wildman–Crippen MR) is 57.7 cm³/mol. The number of aliphatic hydroxyl groups excluding tert-OH is 3. The van der Waals surface area contributed by atoms with Crippen molar-refractivity contribution in [1.29, 1.82) is 0 Å². The van der Waals surface area contributed by atoms with Gasteiger partial charge in [-0.2, -0.15) is 0 Å². The average molecular weight is 914 g/mol. The number of hydrogen-bond donors (Lipinski definition) is 3. The molecule has 1 aliphatic heterocycles. The van der Waals surface area contributed by atoms with Gasteiger partial charge in [0.2, 0.25) is 0 Å². The van der Waals surface area contributed by atoms with Gasteiger partial charge < -0.3 is 20.1 Å². The third-order valence-electron chi connectivity index (χ3n) is 2.28. The molecule has 1 rings (SSSR count). The summed E-state index contributed by atoms with van der Waals surface area (Å²) in [4.78, 5) is 2.52. The van der Waals surface area contributed by atoms with Crippen molar-refractivity contribution in [3.63, 3.8) is 0 Å². The Bertz CT molecular complexity index is 257. The molecule has 0 bridgehead atoms. The fraction of sp³-hybridized carbons (Fsp3) is 1.00. The molecule has 0 aliphatic carbocycles. The number of azide groups is 1. The van der Waals surface area contributed by atoms with E-state index in [-0.39, 0.29) is 139 Å². The fourth-order valence-electron chi connectivity index (χ4n) is 1.40. The van der Waals surface area contributed by atoms with Crippen LogP contribution in [0.1, 0.15) is 20.8 Å². The van der Waals surface area contributed by atoms with E-state index in [4.69, 9.17) is 10.3 Å². The van der Waals surface area contributed by atoms with Crippen LogP contribution in [0, 0.1) is 132 Å². The Morgan fingerprint density at radius 3 is 1.95 bits per heavy atom. The summed E-state index contributed by atoms with van der Waals surface area (Å²) in [7, 11) is 0. The van der Waals surface area contributed by atoms with E-state index in [1.165, 1.54) is 0 Å². The second-order valence-corrected chi connectivity index (χ2v) is 3.26. The third kappa shape index (κ3) is 10.8. The Kier molecular flexibility index (Phi) is 28.5. The summed E-state index contributed by atoms with van der Waals surface area (Å²) < 4.78 is 5.16. The monoisotopic (exact) mass is 914 g/mol. The van der Waals surface area contributed by atoms with Gasteiger partial charge in [-0.3, -0.25) is 0 Å². The number of rotatable bonds is 2. The van der Waals surface area contributed by atoms with E-state index in [0.29, 0.717) is 0 Å². The molecule has 0 saturated carbocycles. The number of hydrogen-bond acceptors (Lipinski definition) is 5. The molecule has 19 heavy (non-hydrogen) atoms. The van der Waals surface area contributed by atoms with Crippen molar-refractivity contribution in [3.8, 4) is 0 Å². The first-order chi connectivity index (χ1) is 7.57. The molecule has 103 valence electrons. The van der Waals surface area contributed by atoms with Crippen LogP contribution in [0.2, 0.25) is 0 Å². The molecule has 1 heterocycles. The zero-order valence-corrected chi connectivity index (χ0v) is 25.7. The van der Waals surface area contributed by atoms with Crippen LogP contribution >= 0.6 is 0 Å². The van der Waals surface area contributed by atoms with E-state index in [2.05, 4.69) is 10.0 Å². The van der Waals surface area contributed by atoms with Crippen molar-refractivity contribution in [2.45, 2.75) is 51.3 Å². The molecule has 0 aromatic heterocycles. The first-order valence-corrected chi connectivity index (χ1v) is 5.28. The minimum Gasteiger partial charge on any atom is -0.388 e. The molecule has 1 saturated heterocycles. The van der Waals surface area contributed by atoms with Crippen LogP contribution in [0.4, 0.5) is 0 Å². The summed E-state index contributed by atoms with van der Waals surface area (Å²) in [6.45, 7) is 5.51. The zero-order valence-electron chi connectivity index (χ0n) is 11.4. The van der Waals surface area contributed by atoms with Gasteiger partial charge in [0, 0.05) is 137 Å². The topological polar surface area (TPSA) is 119 Å². The Labute approximate surface area is 220 Å². The minimum absolute atomic E-state index is 0. The average Bonchev–Trinajstić information content (AvgIpc) is 2.32. The van der Waals surface area contributed by atoms with Crippen LogP contribution in [0.25, 0.3) is 10.4 Å². The zero-order chi connectivity index (χ0) is 12.7. The first-order valence-electron chi connectivity index (χ1n) is 5.28. The van der Waals surface area contributed by atoms with Gasteiger partial charge in [0.15, 0.2) is 0 Å². The molecule has 3 radical (unpaired) electrons. The van der Waals surface area contributed by atoms with Gasteiger partial charge >= 0.3 is 0 Å². The van der Waals surface area contributed by atoms with E-state index in [9.17, 15) is 15.3 Å². The molecule has 3 N–H and O–H groups in total. The summed E-state index contributed by atoms with van der Waals surface area (Å²) in [5.74, 6) is 0. The molecule has 1 fully saturated rings. The Morgan fingerprint density at radius 2 is 1.53 bits per heavy atom. The van der Waals surface area contributed by atoms with Crippen LogP contribution in [0.3, 0.4) is 0 Å². The van der Waals surface area contributed by atoms with Crippen molar-refractivity contribution in [1.82, 2.24) is 0 Å². The van der Waals surface area contributed by atoms with Crippen LogP contribution in [0.15, 0.2) is 5.11 Å². The molecule has 10 heteroatoms. The molecular formula is C9H19Ac3N3O4. The van der Waals surface area contributed by atoms with Gasteiger partial charge in [-0.05, 0) is 12.5 Å².